The van der Waals surface area contributed by atoms with Gasteiger partial charge in [-0.2, -0.15) is 5.26 Å². The number of ether oxygens (including phenoxy) is 1. The number of aliphatic carboxylic acids is 1. The standard InChI is InChI=1S/C17H20N2O4/c18-10-13-3-6-15(7-4-13)23-12-16(20)19-9-1-2-14(11-19)5-8-17(21)22/h3-4,6-7,14H,1-2,5,8-9,11-12H2,(H,21,22)/t14-/m1/s1. The molecule has 0 spiro atoms. The molecule has 23 heavy (non-hydrogen) atoms. The lowest BCUT2D eigenvalue weighted by Crippen LogP contribution is -2.42. The van der Waals surface area contributed by atoms with Gasteiger partial charge in [-0.25, -0.2) is 0 Å². The first-order chi connectivity index (χ1) is 11.1. The zero-order valence-corrected chi connectivity index (χ0v) is 12.9. The second-order valence-electron chi connectivity index (χ2n) is 5.71. The van der Waals surface area contributed by atoms with Gasteiger partial charge in [0.15, 0.2) is 6.61 Å². The molecule has 1 amide bonds. The second kappa shape index (κ2) is 8.18. The number of nitrogens with zero attached hydrogens (tertiary/aromatic N) is 2. The lowest BCUT2D eigenvalue weighted by molar-refractivity contribution is -0.137. The number of amides is 1. The molecule has 1 N–H and O–H groups in total. The quantitative estimate of drug-likeness (QED) is 0.867. The molecule has 6 heteroatoms. The first-order valence-corrected chi connectivity index (χ1v) is 7.71. The van der Waals surface area contributed by atoms with Crippen molar-refractivity contribution >= 4 is 11.9 Å². The van der Waals surface area contributed by atoms with Crippen LogP contribution in [0.15, 0.2) is 24.3 Å². The van der Waals surface area contributed by atoms with Crippen molar-refractivity contribution in [1.29, 1.82) is 5.26 Å². The molecule has 122 valence electrons. The van der Waals surface area contributed by atoms with Crippen LogP contribution in [0.4, 0.5) is 0 Å². The zero-order chi connectivity index (χ0) is 16.7. The smallest absolute Gasteiger partial charge is 0.303 e. The highest BCUT2D eigenvalue weighted by Gasteiger charge is 2.24. The van der Waals surface area contributed by atoms with E-state index in [4.69, 9.17) is 15.1 Å². The molecule has 6 nitrogen and oxygen atoms in total. The van der Waals surface area contributed by atoms with Gasteiger partial charge in [-0.15, -0.1) is 0 Å². The number of nitriles is 1. The fourth-order valence-corrected chi connectivity index (χ4v) is 2.72. The van der Waals surface area contributed by atoms with Crippen LogP contribution in [0, 0.1) is 17.2 Å². The van der Waals surface area contributed by atoms with E-state index in [2.05, 4.69) is 0 Å². The molecule has 1 heterocycles. The van der Waals surface area contributed by atoms with Gasteiger partial charge in [0.1, 0.15) is 5.75 Å². The number of carbonyl (C=O) groups excluding carboxylic acids is 1. The van der Waals surface area contributed by atoms with Crippen LogP contribution in [0.1, 0.15) is 31.2 Å². The maximum absolute atomic E-state index is 12.2. The zero-order valence-electron chi connectivity index (χ0n) is 12.9. The van der Waals surface area contributed by atoms with Crippen molar-refractivity contribution in [3.05, 3.63) is 29.8 Å². The Morgan fingerprint density at radius 3 is 2.74 bits per heavy atom. The summed E-state index contributed by atoms with van der Waals surface area (Å²) in [4.78, 5) is 24.6. The monoisotopic (exact) mass is 316 g/mol. The van der Waals surface area contributed by atoms with Crippen molar-refractivity contribution in [3.63, 3.8) is 0 Å². The van der Waals surface area contributed by atoms with E-state index in [0.29, 0.717) is 30.8 Å². The molecule has 0 saturated carbocycles. The van der Waals surface area contributed by atoms with Crippen LogP contribution in [0.3, 0.4) is 0 Å². The van der Waals surface area contributed by atoms with Gasteiger partial charge in [0.05, 0.1) is 11.6 Å². The molecule has 1 saturated heterocycles. The van der Waals surface area contributed by atoms with Crippen molar-refractivity contribution in [2.45, 2.75) is 25.7 Å². The highest BCUT2D eigenvalue weighted by atomic mass is 16.5. The van der Waals surface area contributed by atoms with E-state index < -0.39 is 5.97 Å². The summed E-state index contributed by atoms with van der Waals surface area (Å²) in [6.45, 7) is 1.25. The van der Waals surface area contributed by atoms with Gasteiger partial charge in [0.25, 0.3) is 5.91 Å². The average molecular weight is 316 g/mol. The number of carbonyl (C=O) groups is 2. The number of piperidine rings is 1. The van der Waals surface area contributed by atoms with Gasteiger partial charge in [0, 0.05) is 19.5 Å². The van der Waals surface area contributed by atoms with Crippen molar-refractivity contribution in [3.8, 4) is 11.8 Å². The van der Waals surface area contributed by atoms with Crippen LogP contribution < -0.4 is 4.74 Å². The molecule has 0 aromatic heterocycles. The van der Waals surface area contributed by atoms with Gasteiger partial charge in [-0.3, -0.25) is 9.59 Å². The van der Waals surface area contributed by atoms with E-state index in [0.717, 1.165) is 12.8 Å². The summed E-state index contributed by atoms with van der Waals surface area (Å²) >= 11 is 0. The minimum atomic E-state index is -0.794. The maximum Gasteiger partial charge on any atom is 0.303 e. The Hall–Kier alpha value is -2.55. The number of benzene rings is 1. The Morgan fingerprint density at radius 2 is 2.09 bits per heavy atom. The summed E-state index contributed by atoms with van der Waals surface area (Å²) in [5, 5.41) is 17.5. The summed E-state index contributed by atoms with van der Waals surface area (Å²) in [6.07, 6.45) is 2.62. The lowest BCUT2D eigenvalue weighted by Gasteiger charge is -2.32. The van der Waals surface area contributed by atoms with Gasteiger partial charge in [0.2, 0.25) is 0 Å². The number of hydrogen-bond donors (Lipinski definition) is 1. The fourth-order valence-electron chi connectivity index (χ4n) is 2.72. The third kappa shape index (κ3) is 5.29. The van der Waals surface area contributed by atoms with Gasteiger partial charge < -0.3 is 14.7 Å². The molecule has 0 bridgehead atoms. The summed E-state index contributed by atoms with van der Waals surface area (Å²) < 4.78 is 5.46. The predicted molar refractivity (Wildman–Crippen MR) is 82.8 cm³/mol. The molecule has 1 aromatic carbocycles. The van der Waals surface area contributed by atoms with Crippen LogP contribution in [0.2, 0.25) is 0 Å². The average Bonchev–Trinajstić information content (AvgIpc) is 2.58. The number of hydrogen-bond acceptors (Lipinski definition) is 4. The summed E-state index contributed by atoms with van der Waals surface area (Å²) in [5.41, 5.74) is 0.543. The molecule has 1 atom stereocenters. The molecule has 0 radical (unpaired) electrons. The van der Waals surface area contributed by atoms with E-state index >= 15 is 0 Å². The summed E-state index contributed by atoms with van der Waals surface area (Å²) in [7, 11) is 0. The Balaban J connectivity index is 1.80. The molecular formula is C17H20N2O4. The lowest BCUT2D eigenvalue weighted by atomic mass is 9.93. The second-order valence-corrected chi connectivity index (χ2v) is 5.71. The van der Waals surface area contributed by atoms with Crippen LogP contribution in [-0.2, 0) is 9.59 Å². The Morgan fingerprint density at radius 1 is 1.35 bits per heavy atom. The van der Waals surface area contributed by atoms with Crippen molar-refractivity contribution in [2.24, 2.45) is 5.92 Å². The highest BCUT2D eigenvalue weighted by molar-refractivity contribution is 5.77. The predicted octanol–water partition coefficient (Wildman–Crippen LogP) is 2.04. The molecule has 0 unspecified atom stereocenters. The van der Waals surface area contributed by atoms with Crippen LogP contribution in [0.25, 0.3) is 0 Å². The van der Waals surface area contributed by atoms with Crippen molar-refractivity contribution in [2.75, 3.05) is 19.7 Å². The first-order valence-electron chi connectivity index (χ1n) is 7.71. The topological polar surface area (TPSA) is 90.6 Å². The third-order valence-electron chi connectivity index (χ3n) is 3.98. The highest BCUT2D eigenvalue weighted by Crippen LogP contribution is 2.21. The van der Waals surface area contributed by atoms with E-state index in [1.54, 1.807) is 29.2 Å². The van der Waals surface area contributed by atoms with Crippen molar-refractivity contribution in [1.82, 2.24) is 4.90 Å². The fraction of sp³-hybridized carbons (Fsp3) is 0.471. The third-order valence-corrected chi connectivity index (χ3v) is 3.98. The van der Waals surface area contributed by atoms with Gasteiger partial charge in [-0.1, -0.05) is 0 Å². The van der Waals surface area contributed by atoms with Crippen molar-refractivity contribution < 1.29 is 19.4 Å². The molecule has 1 aliphatic heterocycles. The van der Waals surface area contributed by atoms with Crippen LogP contribution in [-0.4, -0.2) is 41.6 Å². The Labute approximate surface area is 135 Å². The molecule has 0 aliphatic carbocycles. The van der Waals surface area contributed by atoms with E-state index in [1.807, 2.05) is 6.07 Å². The summed E-state index contributed by atoms with van der Waals surface area (Å²) in [5.74, 6) is -0.0810. The summed E-state index contributed by atoms with van der Waals surface area (Å²) in [6, 6.07) is 8.63. The van der Waals surface area contributed by atoms with E-state index in [-0.39, 0.29) is 24.9 Å². The Kier molecular flexibility index (Phi) is 5.98. The molecule has 1 fully saturated rings. The maximum atomic E-state index is 12.2. The minimum absolute atomic E-state index is 0.0441. The van der Waals surface area contributed by atoms with E-state index in [9.17, 15) is 9.59 Å². The molecule has 1 aromatic rings. The van der Waals surface area contributed by atoms with Gasteiger partial charge in [-0.05, 0) is 49.4 Å². The number of carboxylic acids is 1. The SMILES string of the molecule is N#Cc1ccc(OCC(=O)N2CCC[C@H](CCC(=O)O)C2)cc1. The first kappa shape index (κ1) is 16.8. The van der Waals surface area contributed by atoms with Crippen LogP contribution in [0.5, 0.6) is 5.75 Å². The Bertz CT molecular complexity index is 592. The normalized spacial score (nSPS) is 17.3. The molecule has 1 aliphatic rings. The molecule has 2 rings (SSSR count). The largest absolute Gasteiger partial charge is 0.484 e. The van der Waals surface area contributed by atoms with Gasteiger partial charge >= 0.3 is 5.97 Å². The minimum Gasteiger partial charge on any atom is -0.484 e. The molecular weight excluding hydrogens is 296 g/mol. The number of likely N-dealkylation sites (tertiary alicyclic amines) is 1. The van der Waals surface area contributed by atoms with E-state index in [1.165, 1.54) is 0 Å². The van der Waals surface area contributed by atoms with Crippen LogP contribution >= 0.6 is 0 Å². The number of rotatable bonds is 6. The number of carboxylic acid groups (broad SMARTS) is 1.